The second-order valence-electron chi connectivity index (χ2n) is 13.1. The number of aliphatic hydroxyl groups excluding tert-OH is 1. The number of fused-ring (bicyclic) bond motifs is 4. The molecule has 5 rings (SSSR count). The van der Waals surface area contributed by atoms with Crippen LogP contribution < -0.4 is 0 Å². The fourth-order valence-electron chi connectivity index (χ4n) is 10.3. The second kappa shape index (κ2) is 6.48. The Hall–Kier alpha value is -0.0400. The molecule has 5 saturated carbocycles. The molecule has 28 heavy (non-hydrogen) atoms. The van der Waals surface area contributed by atoms with E-state index < -0.39 is 0 Å². The van der Waals surface area contributed by atoms with E-state index in [0.29, 0.717) is 16.2 Å². The van der Waals surface area contributed by atoms with Gasteiger partial charge in [-0.1, -0.05) is 53.9 Å². The highest BCUT2D eigenvalue weighted by Crippen LogP contribution is 2.81. The average Bonchev–Trinajstić information content (AvgIpc) is 3.15. The van der Waals surface area contributed by atoms with Crippen LogP contribution in [0.4, 0.5) is 0 Å². The number of rotatable bonds is 5. The van der Waals surface area contributed by atoms with Crippen molar-refractivity contribution in [2.75, 3.05) is 0 Å². The van der Waals surface area contributed by atoms with Gasteiger partial charge in [0.05, 0.1) is 6.10 Å². The highest BCUT2D eigenvalue weighted by Gasteiger charge is 2.77. The Morgan fingerprint density at radius 2 is 1.71 bits per heavy atom. The molecule has 10 atom stereocenters. The van der Waals surface area contributed by atoms with Gasteiger partial charge in [-0.15, -0.1) is 0 Å². The Balaban J connectivity index is 1.34. The van der Waals surface area contributed by atoms with E-state index in [4.69, 9.17) is 0 Å². The monoisotopic (exact) mass is 386 g/mol. The van der Waals surface area contributed by atoms with Crippen LogP contribution in [0.25, 0.3) is 0 Å². The van der Waals surface area contributed by atoms with E-state index in [2.05, 4.69) is 34.6 Å². The molecule has 0 radical (unpaired) electrons. The van der Waals surface area contributed by atoms with Crippen molar-refractivity contribution in [1.29, 1.82) is 0 Å². The number of aliphatic hydroxyl groups is 1. The Bertz CT molecular complexity index is 611. The molecular formula is C27H46O. The summed E-state index contributed by atoms with van der Waals surface area (Å²) < 4.78 is 0. The van der Waals surface area contributed by atoms with Gasteiger partial charge in [-0.25, -0.2) is 0 Å². The van der Waals surface area contributed by atoms with Crippen molar-refractivity contribution in [2.45, 2.75) is 111 Å². The quantitative estimate of drug-likeness (QED) is 0.535. The largest absolute Gasteiger partial charge is 0.393 e. The van der Waals surface area contributed by atoms with Crippen LogP contribution in [0.3, 0.4) is 0 Å². The van der Waals surface area contributed by atoms with Crippen molar-refractivity contribution in [1.82, 2.24) is 0 Å². The third kappa shape index (κ3) is 2.47. The molecule has 1 heteroatoms. The van der Waals surface area contributed by atoms with E-state index in [1.54, 1.807) is 0 Å². The van der Waals surface area contributed by atoms with Gasteiger partial charge >= 0.3 is 0 Å². The molecule has 0 aliphatic heterocycles. The van der Waals surface area contributed by atoms with Crippen LogP contribution in [0.1, 0.15) is 105 Å². The van der Waals surface area contributed by atoms with Gasteiger partial charge in [0.25, 0.3) is 0 Å². The average molecular weight is 387 g/mol. The summed E-state index contributed by atoms with van der Waals surface area (Å²) in [6.45, 7) is 12.6. The topological polar surface area (TPSA) is 20.2 Å². The van der Waals surface area contributed by atoms with Gasteiger partial charge in [-0.2, -0.15) is 0 Å². The summed E-state index contributed by atoms with van der Waals surface area (Å²) in [7, 11) is 0. The van der Waals surface area contributed by atoms with Gasteiger partial charge < -0.3 is 5.11 Å². The van der Waals surface area contributed by atoms with Crippen LogP contribution in [0.15, 0.2) is 0 Å². The molecule has 0 heterocycles. The molecule has 0 bridgehead atoms. The normalized spacial score (nSPS) is 55.4. The predicted molar refractivity (Wildman–Crippen MR) is 117 cm³/mol. The molecule has 5 aliphatic carbocycles. The molecule has 1 N–H and O–H groups in total. The maximum absolute atomic E-state index is 11.3. The summed E-state index contributed by atoms with van der Waals surface area (Å²) in [5.41, 5.74) is 1.37. The van der Waals surface area contributed by atoms with Gasteiger partial charge in [-0.3, -0.25) is 0 Å². The van der Waals surface area contributed by atoms with Crippen molar-refractivity contribution >= 4 is 0 Å². The molecule has 160 valence electrons. The minimum absolute atomic E-state index is 0.0103. The highest BCUT2D eigenvalue weighted by molar-refractivity contribution is 5.25. The second-order valence-corrected chi connectivity index (χ2v) is 13.1. The lowest BCUT2D eigenvalue weighted by atomic mass is 9.45. The zero-order valence-corrected chi connectivity index (χ0v) is 19.3. The van der Waals surface area contributed by atoms with Crippen molar-refractivity contribution in [2.24, 2.45) is 57.7 Å². The van der Waals surface area contributed by atoms with E-state index in [-0.39, 0.29) is 6.10 Å². The molecular weight excluding hydrogens is 340 g/mol. The summed E-state index contributed by atoms with van der Waals surface area (Å²) in [4.78, 5) is 0. The standard InChI is InChI=1S/C27H46O/c1-17(2)7-6-8-18(3)21-9-10-22-20-15-24(28)27-16-19(27)11-14-26(27,5)23(20)12-13-25(21,22)4/h17-24,28H,6-16H2,1-5H3/t18-,19+,20-,21+,22-,23-,24-,25+,26+,27-/m0/s1. The predicted octanol–water partition coefficient (Wildman–Crippen LogP) is 7.08. The Morgan fingerprint density at radius 1 is 0.929 bits per heavy atom. The van der Waals surface area contributed by atoms with E-state index in [9.17, 15) is 5.11 Å². The molecule has 1 nitrogen and oxygen atoms in total. The van der Waals surface area contributed by atoms with Crippen molar-refractivity contribution in [3.8, 4) is 0 Å². The molecule has 0 amide bonds. The van der Waals surface area contributed by atoms with Crippen LogP contribution >= 0.6 is 0 Å². The Labute approximate surface area is 174 Å². The minimum Gasteiger partial charge on any atom is -0.393 e. The van der Waals surface area contributed by atoms with Gasteiger partial charge in [0.15, 0.2) is 0 Å². The first-order valence-electron chi connectivity index (χ1n) is 12.9. The van der Waals surface area contributed by atoms with Crippen LogP contribution in [-0.2, 0) is 0 Å². The zero-order chi connectivity index (χ0) is 19.9. The lowest BCUT2D eigenvalue weighted by Gasteiger charge is -2.60. The minimum atomic E-state index is 0.0103. The molecule has 0 saturated heterocycles. The third-order valence-electron chi connectivity index (χ3n) is 11.8. The summed E-state index contributed by atoms with van der Waals surface area (Å²) in [5, 5.41) is 11.3. The van der Waals surface area contributed by atoms with Gasteiger partial charge in [0.2, 0.25) is 0 Å². The fraction of sp³-hybridized carbons (Fsp3) is 1.00. The fourth-order valence-corrected chi connectivity index (χ4v) is 10.3. The van der Waals surface area contributed by atoms with Crippen LogP contribution in [-0.4, -0.2) is 11.2 Å². The molecule has 0 aromatic carbocycles. The maximum atomic E-state index is 11.3. The first kappa shape index (κ1) is 19.9. The maximum Gasteiger partial charge on any atom is 0.0607 e. The molecule has 5 aliphatic rings. The van der Waals surface area contributed by atoms with Gasteiger partial charge in [0, 0.05) is 5.41 Å². The van der Waals surface area contributed by atoms with Crippen LogP contribution in [0.2, 0.25) is 0 Å². The number of hydrogen-bond donors (Lipinski definition) is 1. The Kier molecular flexibility index (Phi) is 4.60. The summed E-state index contributed by atoms with van der Waals surface area (Å²) in [5.74, 6) is 6.17. The van der Waals surface area contributed by atoms with E-state index in [1.807, 2.05) is 0 Å². The molecule has 0 unspecified atom stereocenters. The van der Waals surface area contributed by atoms with Crippen LogP contribution in [0, 0.1) is 57.7 Å². The van der Waals surface area contributed by atoms with Crippen molar-refractivity contribution in [3.05, 3.63) is 0 Å². The van der Waals surface area contributed by atoms with Gasteiger partial charge in [0.1, 0.15) is 0 Å². The smallest absolute Gasteiger partial charge is 0.0607 e. The van der Waals surface area contributed by atoms with E-state index >= 15 is 0 Å². The van der Waals surface area contributed by atoms with Crippen molar-refractivity contribution in [3.63, 3.8) is 0 Å². The van der Waals surface area contributed by atoms with E-state index in [1.165, 1.54) is 64.2 Å². The summed E-state index contributed by atoms with van der Waals surface area (Å²) in [6, 6.07) is 0. The summed E-state index contributed by atoms with van der Waals surface area (Å²) >= 11 is 0. The van der Waals surface area contributed by atoms with Crippen molar-refractivity contribution < 1.29 is 5.11 Å². The highest BCUT2D eigenvalue weighted by atomic mass is 16.3. The molecule has 1 spiro atoms. The first-order chi connectivity index (χ1) is 13.2. The van der Waals surface area contributed by atoms with E-state index in [0.717, 1.165) is 47.8 Å². The SMILES string of the molecule is CC(C)CCC[C@H](C)[C@H]1CC[C@H]2[C@@H]3C[C@H](O)[C@]45C[C@H]4CC[C@]5(C)[C@H]3CC[C@]12C. The number of hydrogen-bond acceptors (Lipinski definition) is 1. The summed E-state index contributed by atoms with van der Waals surface area (Å²) in [6.07, 6.45) is 15.4. The third-order valence-corrected chi connectivity index (χ3v) is 11.8. The first-order valence-corrected chi connectivity index (χ1v) is 12.9. The lowest BCUT2D eigenvalue weighted by Crippen LogP contribution is -2.56. The van der Waals surface area contributed by atoms with Crippen LogP contribution in [0.5, 0.6) is 0 Å². The lowest BCUT2D eigenvalue weighted by molar-refractivity contribution is -0.152. The van der Waals surface area contributed by atoms with Gasteiger partial charge in [-0.05, 0) is 104 Å². The molecule has 0 aromatic heterocycles. The molecule has 0 aromatic rings. The molecule has 5 fully saturated rings. The Morgan fingerprint density at radius 3 is 2.43 bits per heavy atom. The zero-order valence-electron chi connectivity index (χ0n) is 19.3.